The van der Waals surface area contributed by atoms with E-state index in [1.54, 1.807) is 22.8 Å². The Morgan fingerprint density at radius 2 is 1.89 bits per heavy atom. The highest BCUT2D eigenvalue weighted by atomic mass is 32.2. The van der Waals surface area contributed by atoms with E-state index in [1.165, 1.54) is 24.5 Å². The lowest BCUT2D eigenvalue weighted by atomic mass is 9.97. The van der Waals surface area contributed by atoms with Crippen molar-refractivity contribution in [3.8, 4) is 0 Å². The van der Waals surface area contributed by atoms with Crippen LogP contribution in [0, 0.1) is 6.92 Å². The molecule has 3 rings (SSSR count). The fourth-order valence-corrected chi connectivity index (χ4v) is 5.74. The van der Waals surface area contributed by atoms with E-state index in [4.69, 9.17) is 0 Å². The third-order valence-electron chi connectivity index (χ3n) is 5.77. The van der Waals surface area contributed by atoms with Gasteiger partial charge in [0.15, 0.2) is 0 Å². The van der Waals surface area contributed by atoms with Gasteiger partial charge in [0.05, 0.1) is 0 Å². The number of rotatable bonds is 6. The Morgan fingerprint density at radius 3 is 2.56 bits per heavy atom. The summed E-state index contributed by atoms with van der Waals surface area (Å²) in [5.74, 6) is -0.211. The van der Waals surface area contributed by atoms with Gasteiger partial charge in [-0.15, -0.1) is 0 Å². The van der Waals surface area contributed by atoms with Crippen LogP contribution in [-0.2, 0) is 17.1 Å². The number of carbonyl (C=O) groups excluding carboxylic acids is 1. The Morgan fingerprint density at radius 1 is 1.15 bits per heavy atom. The average Bonchev–Trinajstić information content (AvgIpc) is 2.99. The molecular weight excluding hydrogens is 362 g/mol. The Labute approximate surface area is 162 Å². The summed E-state index contributed by atoms with van der Waals surface area (Å²) < 4.78 is 29.2. The molecule has 27 heavy (non-hydrogen) atoms. The molecule has 0 unspecified atom stereocenters. The SMILES string of the molecule is Cc1c(S(=O)(=O)N2CCCCC2)cc(C(=O)NCCC2=CCCCC2)n1C. The lowest BCUT2D eigenvalue weighted by Crippen LogP contribution is -2.35. The van der Waals surface area contributed by atoms with Crippen molar-refractivity contribution in [2.75, 3.05) is 19.6 Å². The second-order valence-corrected chi connectivity index (χ2v) is 9.52. The summed E-state index contributed by atoms with van der Waals surface area (Å²) >= 11 is 0. The van der Waals surface area contributed by atoms with Gasteiger partial charge in [0.25, 0.3) is 5.91 Å². The molecule has 0 spiro atoms. The summed E-state index contributed by atoms with van der Waals surface area (Å²) in [6.45, 7) is 3.48. The zero-order valence-corrected chi connectivity index (χ0v) is 17.3. The number of aromatic nitrogens is 1. The molecule has 1 N–H and O–H groups in total. The van der Waals surface area contributed by atoms with E-state index in [1.807, 2.05) is 0 Å². The molecule has 0 radical (unpaired) electrons. The van der Waals surface area contributed by atoms with Crippen molar-refractivity contribution in [2.45, 2.75) is 63.2 Å². The van der Waals surface area contributed by atoms with Crippen LogP contribution < -0.4 is 5.32 Å². The Kier molecular flexibility index (Phi) is 6.42. The molecular formula is C20H31N3O3S. The Balaban J connectivity index is 1.70. The molecule has 1 aliphatic heterocycles. The zero-order valence-electron chi connectivity index (χ0n) is 16.5. The second kappa shape index (κ2) is 8.61. The first-order chi connectivity index (χ1) is 12.9. The van der Waals surface area contributed by atoms with E-state index in [-0.39, 0.29) is 10.8 Å². The predicted molar refractivity (Wildman–Crippen MR) is 106 cm³/mol. The largest absolute Gasteiger partial charge is 0.350 e. The zero-order chi connectivity index (χ0) is 19.4. The van der Waals surface area contributed by atoms with Gasteiger partial charge in [-0.05, 0) is 57.9 Å². The number of hydrogen-bond acceptors (Lipinski definition) is 3. The van der Waals surface area contributed by atoms with Crippen LogP contribution in [0.15, 0.2) is 22.6 Å². The lowest BCUT2D eigenvalue weighted by Gasteiger charge is -2.25. The van der Waals surface area contributed by atoms with Gasteiger partial charge in [-0.25, -0.2) is 8.42 Å². The maximum atomic E-state index is 13.0. The minimum Gasteiger partial charge on any atom is -0.350 e. The third kappa shape index (κ3) is 4.46. The molecule has 0 aromatic carbocycles. The third-order valence-corrected chi connectivity index (χ3v) is 7.79. The Hall–Kier alpha value is -1.60. The van der Waals surface area contributed by atoms with Crippen molar-refractivity contribution in [1.29, 1.82) is 0 Å². The van der Waals surface area contributed by atoms with Gasteiger partial charge in [0.2, 0.25) is 10.0 Å². The van der Waals surface area contributed by atoms with E-state index in [0.29, 0.717) is 31.0 Å². The fourth-order valence-electron chi connectivity index (χ4n) is 3.95. The number of amides is 1. The number of hydrogen-bond donors (Lipinski definition) is 1. The molecule has 150 valence electrons. The van der Waals surface area contributed by atoms with Crippen LogP contribution in [0.25, 0.3) is 0 Å². The highest BCUT2D eigenvalue weighted by molar-refractivity contribution is 7.89. The van der Waals surface area contributed by atoms with Crippen molar-refractivity contribution < 1.29 is 13.2 Å². The lowest BCUT2D eigenvalue weighted by molar-refractivity contribution is 0.0945. The summed E-state index contributed by atoms with van der Waals surface area (Å²) in [6.07, 6.45) is 10.8. The highest BCUT2D eigenvalue weighted by Gasteiger charge is 2.30. The van der Waals surface area contributed by atoms with Gasteiger partial charge >= 0.3 is 0 Å². The highest BCUT2D eigenvalue weighted by Crippen LogP contribution is 2.26. The standard InChI is InChI=1S/C20H31N3O3S/c1-16-19(27(25,26)23-13-7-4-8-14-23)15-18(22(16)2)20(24)21-12-11-17-9-5-3-6-10-17/h9,15H,3-8,10-14H2,1-2H3,(H,21,24). The number of nitrogens with one attached hydrogen (secondary N) is 1. The molecule has 1 aromatic rings. The van der Waals surface area contributed by atoms with Crippen molar-refractivity contribution in [1.82, 2.24) is 14.2 Å². The molecule has 0 saturated carbocycles. The van der Waals surface area contributed by atoms with Gasteiger partial charge in [0, 0.05) is 32.4 Å². The molecule has 1 amide bonds. The first kappa shape index (κ1) is 20.1. The smallest absolute Gasteiger partial charge is 0.267 e. The van der Waals surface area contributed by atoms with Crippen molar-refractivity contribution in [2.24, 2.45) is 7.05 Å². The minimum atomic E-state index is -3.54. The molecule has 2 aliphatic rings. The topological polar surface area (TPSA) is 71.4 Å². The van der Waals surface area contributed by atoms with E-state index in [2.05, 4.69) is 11.4 Å². The number of sulfonamides is 1. The maximum Gasteiger partial charge on any atom is 0.267 e. The summed E-state index contributed by atoms with van der Waals surface area (Å²) in [5, 5.41) is 2.95. The van der Waals surface area contributed by atoms with E-state index < -0.39 is 10.0 Å². The van der Waals surface area contributed by atoms with Crippen LogP contribution in [0.5, 0.6) is 0 Å². The number of carbonyl (C=O) groups is 1. The fraction of sp³-hybridized carbons (Fsp3) is 0.650. The van der Waals surface area contributed by atoms with Gasteiger partial charge < -0.3 is 9.88 Å². The van der Waals surface area contributed by atoms with Gasteiger partial charge in [-0.3, -0.25) is 4.79 Å². The van der Waals surface area contributed by atoms with Crippen LogP contribution in [-0.4, -0.2) is 42.8 Å². The molecule has 1 saturated heterocycles. The summed E-state index contributed by atoms with van der Waals surface area (Å²) in [5.41, 5.74) is 2.43. The molecule has 1 fully saturated rings. The van der Waals surface area contributed by atoms with Crippen LogP contribution >= 0.6 is 0 Å². The molecule has 6 nitrogen and oxygen atoms in total. The number of allylic oxidation sites excluding steroid dienone is 1. The predicted octanol–water partition coefficient (Wildman–Crippen LogP) is 3.13. The van der Waals surface area contributed by atoms with Crippen molar-refractivity contribution in [3.05, 3.63) is 29.1 Å². The monoisotopic (exact) mass is 393 g/mol. The Bertz CT molecular complexity index is 818. The summed E-state index contributed by atoms with van der Waals surface area (Å²) in [6, 6.07) is 1.54. The first-order valence-corrected chi connectivity index (χ1v) is 11.5. The molecule has 1 aliphatic carbocycles. The molecule has 7 heteroatoms. The van der Waals surface area contributed by atoms with E-state index >= 15 is 0 Å². The van der Waals surface area contributed by atoms with Crippen LogP contribution in [0.4, 0.5) is 0 Å². The number of nitrogens with zero attached hydrogens (tertiary/aromatic N) is 2. The van der Waals surface area contributed by atoms with Gasteiger partial charge in [-0.2, -0.15) is 4.31 Å². The molecule has 0 atom stereocenters. The number of piperidine rings is 1. The minimum absolute atomic E-state index is 0.211. The van der Waals surface area contributed by atoms with Gasteiger partial charge in [0.1, 0.15) is 10.6 Å². The first-order valence-electron chi connectivity index (χ1n) is 10.0. The molecule has 1 aromatic heterocycles. The molecule has 0 bridgehead atoms. The van der Waals surface area contributed by atoms with E-state index in [0.717, 1.165) is 38.5 Å². The normalized spacial score (nSPS) is 19.0. The van der Waals surface area contributed by atoms with Crippen molar-refractivity contribution in [3.63, 3.8) is 0 Å². The average molecular weight is 394 g/mol. The van der Waals surface area contributed by atoms with Crippen molar-refractivity contribution >= 4 is 15.9 Å². The van der Waals surface area contributed by atoms with Crippen LogP contribution in [0.1, 0.15) is 67.5 Å². The summed E-state index contributed by atoms with van der Waals surface area (Å²) in [4.78, 5) is 12.9. The van der Waals surface area contributed by atoms with Crippen LogP contribution in [0.3, 0.4) is 0 Å². The second-order valence-electron chi connectivity index (χ2n) is 7.62. The quantitative estimate of drug-likeness (QED) is 0.755. The summed E-state index contributed by atoms with van der Waals surface area (Å²) in [7, 11) is -1.79. The maximum absolute atomic E-state index is 13.0. The van der Waals surface area contributed by atoms with E-state index in [9.17, 15) is 13.2 Å². The molecule has 2 heterocycles. The van der Waals surface area contributed by atoms with Gasteiger partial charge in [-0.1, -0.05) is 18.1 Å². The van der Waals surface area contributed by atoms with Crippen LogP contribution in [0.2, 0.25) is 0 Å².